The Labute approximate surface area is 281 Å². The van der Waals surface area contributed by atoms with Crippen LogP contribution in [0.15, 0.2) is 114 Å². The van der Waals surface area contributed by atoms with E-state index in [2.05, 4.69) is 5.32 Å². The number of allylic oxidation sites excluding steroid dienone is 1. The fourth-order valence-corrected chi connectivity index (χ4v) is 7.72. The Bertz CT molecular complexity index is 1760. The standard InChI is InChI=1S/C37H37N3O7S/c1-37(2,3)47-36(44)38-29-33(42)40-30(35(43)46-31(24-14-7-4-8-15-24)25-16-9-5-10-17-25)27(23-48(45)34(29)40)22-26-18-13-21-39(32(26)41)28-19-11-6-12-20-28/h4-12,14-17,19-20,22,29,31,34H,13,18,21,23H2,1-3H3,(H,38,44)/b26-22+/t29-,34-,48-/m1/s1. The van der Waals surface area contributed by atoms with Gasteiger partial charge in [0.25, 0.3) is 11.8 Å². The predicted octanol–water partition coefficient (Wildman–Crippen LogP) is 5.15. The highest BCUT2D eigenvalue weighted by molar-refractivity contribution is 7.86. The van der Waals surface area contributed by atoms with Gasteiger partial charge in [0.15, 0.2) is 6.10 Å². The highest BCUT2D eigenvalue weighted by Gasteiger charge is 2.57. The number of anilines is 1. The maximum Gasteiger partial charge on any atom is 0.408 e. The summed E-state index contributed by atoms with van der Waals surface area (Å²) in [5.41, 5.74) is 1.96. The van der Waals surface area contributed by atoms with Crippen LogP contribution in [0.1, 0.15) is 50.8 Å². The Balaban J connectivity index is 1.39. The van der Waals surface area contributed by atoms with Gasteiger partial charge in [-0.1, -0.05) is 78.9 Å². The molecule has 1 N–H and O–H groups in total. The van der Waals surface area contributed by atoms with Crippen LogP contribution in [-0.2, 0) is 34.7 Å². The lowest BCUT2D eigenvalue weighted by Crippen LogP contribution is -2.73. The summed E-state index contributed by atoms with van der Waals surface area (Å²) in [7, 11) is -1.73. The summed E-state index contributed by atoms with van der Waals surface area (Å²) in [6.45, 7) is 5.61. The largest absolute Gasteiger partial charge is 0.448 e. The van der Waals surface area contributed by atoms with Crippen molar-refractivity contribution in [2.24, 2.45) is 0 Å². The van der Waals surface area contributed by atoms with Crippen molar-refractivity contribution in [1.29, 1.82) is 0 Å². The number of nitrogens with zero attached hydrogens (tertiary/aromatic N) is 2. The third kappa shape index (κ3) is 6.82. The number of benzene rings is 3. The molecule has 0 saturated carbocycles. The summed E-state index contributed by atoms with van der Waals surface area (Å²) in [6, 6.07) is 26.6. The highest BCUT2D eigenvalue weighted by Crippen LogP contribution is 2.38. The van der Waals surface area contributed by atoms with E-state index in [1.807, 2.05) is 91.0 Å². The zero-order chi connectivity index (χ0) is 34.0. The molecule has 48 heavy (non-hydrogen) atoms. The average Bonchev–Trinajstić information content (AvgIpc) is 3.07. The zero-order valence-electron chi connectivity index (χ0n) is 27.0. The molecular weight excluding hydrogens is 630 g/mol. The maximum atomic E-state index is 14.3. The van der Waals surface area contributed by atoms with Crippen molar-refractivity contribution in [1.82, 2.24) is 10.2 Å². The van der Waals surface area contributed by atoms with Gasteiger partial charge in [-0.05, 0) is 68.5 Å². The molecule has 6 rings (SSSR count). The van der Waals surface area contributed by atoms with Crippen LogP contribution in [0.5, 0.6) is 0 Å². The first-order chi connectivity index (χ1) is 23.0. The van der Waals surface area contributed by atoms with E-state index < -0.39 is 51.9 Å². The van der Waals surface area contributed by atoms with E-state index >= 15 is 0 Å². The summed E-state index contributed by atoms with van der Waals surface area (Å²) < 4.78 is 25.3. The van der Waals surface area contributed by atoms with Gasteiger partial charge in [0.2, 0.25) is 0 Å². The summed E-state index contributed by atoms with van der Waals surface area (Å²) in [4.78, 5) is 57.2. The molecule has 3 amide bonds. The van der Waals surface area contributed by atoms with E-state index in [1.54, 1.807) is 31.7 Å². The number of hydrogen-bond acceptors (Lipinski definition) is 7. The minimum Gasteiger partial charge on any atom is -0.448 e. The molecule has 3 aliphatic rings. The first-order valence-electron chi connectivity index (χ1n) is 15.8. The molecule has 0 bridgehead atoms. The number of fused-ring (bicyclic) bond motifs is 1. The Kier molecular flexibility index (Phi) is 9.32. The van der Waals surface area contributed by atoms with Gasteiger partial charge in [0, 0.05) is 17.8 Å². The van der Waals surface area contributed by atoms with Gasteiger partial charge in [-0.15, -0.1) is 0 Å². The van der Waals surface area contributed by atoms with Crippen molar-refractivity contribution in [3.8, 4) is 0 Å². The third-order valence-corrected chi connectivity index (χ3v) is 9.83. The van der Waals surface area contributed by atoms with Crippen LogP contribution in [0.4, 0.5) is 10.5 Å². The number of rotatable bonds is 7. The lowest BCUT2D eigenvalue weighted by atomic mass is 9.97. The Morgan fingerprint density at radius 1 is 0.917 bits per heavy atom. The topological polar surface area (TPSA) is 122 Å². The first-order valence-corrected chi connectivity index (χ1v) is 17.2. The van der Waals surface area contributed by atoms with Crippen molar-refractivity contribution in [2.75, 3.05) is 17.2 Å². The molecule has 11 heteroatoms. The number of amides is 3. The molecule has 3 aromatic rings. The lowest BCUT2D eigenvalue weighted by molar-refractivity contribution is -0.153. The van der Waals surface area contributed by atoms with E-state index in [1.165, 1.54) is 0 Å². The molecule has 2 saturated heterocycles. The van der Waals surface area contributed by atoms with E-state index in [9.17, 15) is 23.4 Å². The molecule has 2 fully saturated rings. The summed E-state index contributed by atoms with van der Waals surface area (Å²) in [5.74, 6) is -1.80. The lowest BCUT2D eigenvalue weighted by Gasteiger charge is -2.49. The smallest absolute Gasteiger partial charge is 0.408 e. The number of β-lactam (4-membered cyclic amide) rings is 1. The molecule has 0 unspecified atom stereocenters. The van der Waals surface area contributed by atoms with Crippen LogP contribution in [0.2, 0.25) is 0 Å². The number of ether oxygens (including phenoxy) is 2. The van der Waals surface area contributed by atoms with Crippen molar-refractivity contribution >= 4 is 40.4 Å². The van der Waals surface area contributed by atoms with Gasteiger partial charge < -0.3 is 19.7 Å². The quantitative estimate of drug-likeness (QED) is 0.210. The molecule has 0 spiro atoms. The normalized spacial score (nSPS) is 21.9. The summed E-state index contributed by atoms with van der Waals surface area (Å²) in [6.07, 6.45) is 1.06. The van der Waals surface area contributed by atoms with Crippen LogP contribution in [0, 0.1) is 0 Å². The van der Waals surface area contributed by atoms with Crippen LogP contribution in [-0.4, -0.2) is 62.3 Å². The number of para-hydroxylation sites is 1. The SMILES string of the molecule is CC(C)(C)OC(=O)N[C@@H]1C(=O)N2C(C(=O)OC(c3ccccc3)c3ccccc3)=C(/C=C3\CCCN(c4ccccc4)C3=O)C[S@@](=O)[C@H]12. The number of hydrogen-bond donors (Lipinski definition) is 1. The fourth-order valence-electron chi connectivity index (χ4n) is 6.09. The number of nitrogens with one attached hydrogen (secondary N) is 1. The van der Waals surface area contributed by atoms with Crippen LogP contribution >= 0.6 is 0 Å². The summed E-state index contributed by atoms with van der Waals surface area (Å²) >= 11 is 0. The van der Waals surface area contributed by atoms with E-state index in [4.69, 9.17) is 9.47 Å². The minimum absolute atomic E-state index is 0.0964. The zero-order valence-corrected chi connectivity index (χ0v) is 27.8. The van der Waals surface area contributed by atoms with Crippen LogP contribution in [0.3, 0.4) is 0 Å². The maximum absolute atomic E-state index is 14.3. The number of alkyl carbamates (subject to hydrolysis) is 1. The van der Waals surface area contributed by atoms with Gasteiger partial charge in [0.1, 0.15) is 22.7 Å². The molecule has 3 heterocycles. The fraction of sp³-hybridized carbons (Fsp3) is 0.297. The Morgan fingerprint density at radius 2 is 1.50 bits per heavy atom. The summed E-state index contributed by atoms with van der Waals surface area (Å²) in [5, 5.41) is 1.51. The van der Waals surface area contributed by atoms with Crippen molar-refractivity contribution in [3.05, 3.63) is 125 Å². The first kappa shape index (κ1) is 32.9. The van der Waals surface area contributed by atoms with Gasteiger partial charge in [-0.2, -0.15) is 0 Å². The highest BCUT2D eigenvalue weighted by atomic mass is 32.2. The van der Waals surface area contributed by atoms with Crippen LogP contribution in [0.25, 0.3) is 0 Å². The number of carbonyl (C=O) groups is 4. The molecule has 0 aromatic heterocycles. The molecule has 10 nitrogen and oxygen atoms in total. The Morgan fingerprint density at radius 3 is 2.08 bits per heavy atom. The molecular formula is C37H37N3O7S. The van der Waals surface area contributed by atoms with Gasteiger partial charge in [-0.25, -0.2) is 9.59 Å². The van der Waals surface area contributed by atoms with Gasteiger partial charge in [-0.3, -0.25) is 18.7 Å². The van der Waals surface area contributed by atoms with Crippen molar-refractivity contribution in [2.45, 2.75) is 56.7 Å². The number of carbonyl (C=O) groups excluding carboxylic acids is 4. The molecule has 3 aliphatic heterocycles. The third-order valence-electron chi connectivity index (χ3n) is 8.21. The van der Waals surface area contributed by atoms with Gasteiger partial charge in [0.05, 0.1) is 16.6 Å². The molecule has 248 valence electrons. The van der Waals surface area contributed by atoms with Crippen molar-refractivity contribution < 1.29 is 32.9 Å². The number of esters is 1. The number of piperidine rings is 1. The Hall–Kier alpha value is -5.03. The average molecular weight is 668 g/mol. The van der Waals surface area contributed by atoms with Crippen molar-refractivity contribution in [3.63, 3.8) is 0 Å². The molecule has 3 atom stereocenters. The molecule has 3 aromatic carbocycles. The van der Waals surface area contributed by atoms with E-state index in [0.717, 1.165) is 10.6 Å². The second kappa shape index (κ2) is 13.6. The minimum atomic E-state index is -1.73. The predicted molar refractivity (Wildman–Crippen MR) is 181 cm³/mol. The molecule has 0 aliphatic carbocycles. The van der Waals surface area contributed by atoms with E-state index in [-0.39, 0.29) is 22.9 Å². The molecule has 0 radical (unpaired) electrons. The van der Waals surface area contributed by atoms with E-state index in [0.29, 0.717) is 36.1 Å². The second-order valence-electron chi connectivity index (χ2n) is 12.8. The van der Waals surface area contributed by atoms with Crippen LogP contribution < -0.4 is 10.2 Å². The second-order valence-corrected chi connectivity index (χ2v) is 14.3. The van der Waals surface area contributed by atoms with Gasteiger partial charge >= 0.3 is 12.1 Å². The monoisotopic (exact) mass is 667 g/mol.